The number of hydrogen-bond acceptors (Lipinski definition) is 5. The third-order valence-corrected chi connectivity index (χ3v) is 4.89. The minimum Gasteiger partial charge on any atom is -0.355 e. The molecule has 29 heavy (non-hydrogen) atoms. The zero-order chi connectivity index (χ0) is 20.8. The lowest BCUT2D eigenvalue weighted by atomic mass is 10.1. The molecule has 3 amide bonds. The summed E-state index contributed by atoms with van der Waals surface area (Å²) in [7, 11) is 1.55. The lowest BCUT2D eigenvalue weighted by Crippen LogP contribution is -2.39. The largest absolute Gasteiger partial charge is 0.355 e. The first-order valence-corrected chi connectivity index (χ1v) is 9.78. The van der Waals surface area contributed by atoms with E-state index in [4.69, 9.17) is 4.52 Å². The molecule has 0 radical (unpaired) electrons. The molecule has 3 rings (SSSR count). The Kier molecular flexibility index (Phi) is 6.64. The van der Waals surface area contributed by atoms with Crippen molar-refractivity contribution in [2.75, 3.05) is 33.2 Å². The molecule has 1 aliphatic heterocycles. The number of nitrogens with one attached hydrogen (secondary N) is 1. The Morgan fingerprint density at radius 2 is 2.03 bits per heavy atom. The smallest absolute Gasteiger partial charge is 0.276 e. The third-order valence-electron chi connectivity index (χ3n) is 4.89. The van der Waals surface area contributed by atoms with Gasteiger partial charge in [-0.25, -0.2) is 0 Å². The van der Waals surface area contributed by atoms with E-state index in [-0.39, 0.29) is 30.0 Å². The van der Waals surface area contributed by atoms with Crippen molar-refractivity contribution in [3.05, 3.63) is 41.6 Å². The first kappa shape index (κ1) is 20.6. The van der Waals surface area contributed by atoms with Crippen LogP contribution in [0.5, 0.6) is 0 Å². The maximum atomic E-state index is 12.5. The number of carbonyl (C=O) groups is 3. The van der Waals surface area contributed by atoms with Crippen LogP contribution in [0.1, 0.15) is 35.3 Å². The van der Waals surface area contributed by atoms with E-state index in [1.165, 1.54) is 4.90 Å². The van der Waals surface area contributed by atoms with Gasteiger partial charge in [-0.1, -0.05) is 35.0 Å². The van der Waals surface area contributed by atoms with Crippen LogP contribution in [0.4, 0.5) is 0 Å². The lowest BCUT2D eigenvalue weighted by Gasteiger charge is -2.17. The first-order chi connectivity index (χ1) is 13.9. The Hall–Kier alpha value is -3.16. The second-order valence-corrected chi connectivity index (χ2v) is 7.29. The highest BCUT2D eigenvalue weighted by atomic mass is 16.5. The zero-order valence-corrected chi connectivity index (χ0v) is 16.8. The second-order valence-electron chi connectivity index (χ2n) is 7.29. The number of hydrogen-bond donors (Lipinski definition) is 1. The number of rotatable bonds is 8. The van der Waals surface area contributed by atoms with Gasteiger partial charge in [-0.3, -0.25) is 14.4 Å². The molecule has 1 aromatic carbocycles. The topological polar surface area (TPSA) is 95.8 Å². The van der Waals surface area contributed by atoms with Gasteiger partial charge in [0.25, 0.3) is 5.91 Å². The van der Waals surface area contributed by atoms with E-state index in [2.05, 4.69) is 10.5 Å². The van der Waals surface area contributed by atoms with Crippen LogP contribution in [0.3, 0.4) is 0 Å². The van der Waals surface area contributed by atoms with Crippen molar-refractivity contribution in [3.63, 3.8) is 0 Å². The minimum atomic E-state index is -0.384. The lowest BCUT2D eigenvalue weighted by molar-refractivity contribution is -0.127. The summed E-state index contributed by atoms with van der Waals surface area (Å²) in [6.07, 6.45) is 2.22. The molecule has 154 valence electrons. The van der Waals surface area contributed by atoms with E-state index in [0.29, 0.717) is 31.7 Å². The summed E-state index contributed by atoms with van der Waals surface area (Å²) in [6.45, 7) is 3.83. The van der Waals surface area contributed by atoms with Gasteiger partial charge in [-0.05, 0) is 19.8 Å². The van der Waals surface area contributed by atoms with Gasteiger partial charge in [0, 0.05) is 44.7 Å². The maximum absolute atomic E-state index is 12.5. The minimum absolute atomic E-state index is 0.0752. The number of likely N-dealkylation sites (tertiary alicyclic amines) is 1. The Morgan fingerprint density at radius 1 is 1.28 bits per heavy atom. The monoisotopic (exact) mass is 398 g/mol. The van der Waals surface area contributed by atoms with Crippen molar-refractivity contribution in [1.29, 1.82) is 0 Å². The summed E-state index contributed by atoms with van der Waals surface area (Å²) in [5.41, 5.74) is 2.12. The van der Waals surface area contributed by atoms with Crippen LogP contribution in [0.15, 0.2) is 34.9 Å². The summed E-state index contributed by atoms with van der Waals surface area (Å²) < 4.78 is 5.27. The number of aromatic nitrogens is 1. The third kappa shape index (κ3) is 5.43. The molecule has 8 heteroatoms. The van der Waals surface area contributed by atoms with Crippen molar-refractivity contribution >= 4 is 17.7 Å². The van der Waals surface area contributed by atoms with Gasteiger partial charge >= 0.3 is 0 Å². The molecule has 0 unspecified atom stereocenters. The average Bonchev–Trinajstić information content (AvgIpc) is 3.34. The molecule has 2 heterocycles. The van der Waals surface area contributed by atoms with Crippen LogP contribution >= 0.6 is 0 Å². The molecule has 2 aromatic rings. The van der Waals surface area contributed by atoms with Crippen LogP contribution in [0.2, 0.25) is 0 Å². The van der Waals surface area contributed by atoms with E-state index >= 15 is 0 Å². The number of aryl methyl sites for hydroxylation is 1. The molecule has 1 aliphatic rings. The van der Waals surface area contributed by atoms with Gasteiger partial charge in [0.2, 0.25) is 11.8 Å². The molecule has 0 spiro atoms. The van der Waals surface area contributed by atoms with Gasteiger partial charge in [-0.2, -0.15) is 0 Å². The molecule has 0 atom stereocenters. The standard InChI is InChI=1S/C21H26N4O4/c1-15-6-8-16(9-7-15)18-13-17(23-29-18)21(28)24(2)14-19(26)22-10-4-12-25-11-3-5-20(25)27/h6-9,13H,3-5,10-12,14H2,1-2H3,(H,22,26). The summed E-state index contributed by atoms with van der Waals surface area (Å²) in [6, 6.07) is 9.29. The molecule has 1 N–H and O–H groups in total. The Morgan fingerprint density at radius 3 is 2.72 bits per heavy atom. The Labute approximate surface area is 169 Å². The maximum Gasteiger partial charge on any atom is 0.276 e. The SMILES string of the molecule is Cc1ccc(-c2cc(C(=O)N(C)CC(=O)NCCCN3CCCC3=O)no2)cc1. The fraction of sp³-hybridized carbons (Fsp3) is 0.429. The van der Waals surface area contributed by atoms with E-state index in [9.17, 15) is 14.4 Å². The molecule has 1 aromatic heterocycles. The number of likely N-dealkylation sites (N-methyl/N-ethyl adjacent to an activating group) is 1. The van der Waals surface area contributed by atoms with Crippen LogP contribution < -0.4 is 5.32 Å². The normalized spacial score (nSPS) is 13.6. The van der Waals surface area contributed by atoms with Gasteiger partial charge in [-0.15, -0.1) is 0 Å². The van der Waals surface area contributed by atoms with Crippen molar-refractivity contribution in [3.8, 4) is 11.3 Å². The van der Waals surface area contributed by atoms with Gasteiger partial charge < -0.3 is 19.6 Å². The molecular formula is C21H26N4O4. The van der Waals surface area contributed by atoms with E-state index < -0.39 is 0 Å². The summed E-state index contributed by atoms with van der Waals surface area (Å²) in [4.78, 5) is 39.2. The molecule has 0 bridgehead atoms. The van der Waals surface area contributed by atoms with Crippen molar-refractivity contribution in [2.45, 2.75) is 26.2 Å². The van der Waals surface area contributed by atoms with E-state index in [0.717, 1.165) is 24.1 Å². The van der Waals surface area contributed by atoms with Crippen LogP contribution in [-0.2, 0) is 9.59 Å². The molecule has 8 nitrogen and oxygen atoms in total. The van der Waals surface area contributed by atoms with E-state index in [1.54, 1.807) is 13.1 Å². The highest BCUT2D eigenvalue weighted by Gasteiger charge is 2.21. The zero-order valence-electron chi connectivity index (χ0n) is 16.8. The van der Waals surface area contributed by atoms with Crippen molar-refractivity contribution < 1.29 is 18.9 Å². The molecule has 1 fully saturated rings. The molecule has 0 saturated carbocycles. The predicted molar refractivity (Wildman–Crippen MR) is 107 cm³/mol. The van der Waals surface area contributed by atoms with Gasteiger partial charge in [0.05, 0.1) is 6.54 Å². The molecule has 1 saturated heterocycles. The summed E-state index contributed by atoms with van der Waals surface area (Å²) in [5.74, 6) is 0.0442. The molecular weight excluding hydrogens is 372 g/mol. The highest BCUT2D eigenvalue weighted by molar-refractivity contribution is 5.95. The second kappa shape index (κ2) is 9.36. The van der Waals surface area contributed by atoms with Crippen molar-refractivity contribution in [1.82, 2.24) is 20.3 Å². The number of carbonyl (C=O) groups excluding carboxylic acids is 3. The summed E-state index contributed by atoms with van der Waals surface area (Å²) in [5, 5.41) is 6.61. The quantitative estimate of drug-likeness (QED) is 0.685. The Balaban J connectivity index is 1.44. The van der Waals surface area contributed by atoms with Crippen LogP contribution in [0.25, 0.3) is 11.3 Å². The number of amides is 3. The van der Waals surface area contributed by atoms with Crippen LogP contribution in [0, 0.1) is 6.92 Å². The average molecular weight is 398 g/mol. The highest BCUT2D eigenvalue weighted by Crippen LogP contribution is 2.21. The van der Waals surface area contributed by atoms with E-state index in [1.807, 2.05) is 36.1 Å². The predicted octanol–water partition coefficient (Wildman–Crippen LogP) is 1.85. The number of nitrogens with zero attached hydrogens (tertiary/aromatic N) is 3. The van der Waals surface area contributed by atoms with Gasteiger partial charge in [0.15, 0.2) is 11.5 Å². The number of benzene rings is 1. The van der Waals surface area contributed by atoms with Crippen LogP contribution in [-0.4, -0.2) is 65.9 Å². The Bertz CT molecular complexity index is 875. The molecule has 0 aliphatic carbocycles. The summed E-state index contributed by atoms with van der Waals surface area (Å²) >= 11 is 0. The first-order valence-electron chi connectivity index (χ1n) is 9.78. The van der Waals surface area contributed by atoms with Gasteiger partial charge in [0.1, 0.15) is 0 Å². The fourth-order valence-corrected chi connectivity index (χ4v) is 3.21. The fourth-order valence-electron chi connectivity index (χ4n) is 3.21. The van der Waals surface area contributed by atoms with Crippen molar-refractivity contribution in [2.24, 2.45) is 0 Å².